The Morgan fingerprint density at radius 1 is 1.33 bits per heavy atom. The van der Waals surface area contributed by atoms with Crippen molar-refractivity contribution in [2.45, 2.75) is 50.7 Å². The van der Waals surface area contributed by atoms with Crippen molar-refractivity contribution in [3.05, 3.63) is 36.2 Å². The van der Waals surface area contributed by atoms with Crippen molar-refractivity contribution in [2.75, 3.05) is 0 Å². The topological polar surface area (TPSA) is 105 Å². The number of ether oxygens (including phenoxy) is 1. The SMILES string of the molecule is C[C@@H](OC(=O)/C=C/c1nc2ccccc2o1)C(=O)NC1(C#N)CCCCC1. The molecule has 27 heavy (non-hydrogen) atoms. The molecule has 7 nitrogen and oxygen atoms in total. The van der Waals surface area contributed by atoms with E-state index < -0.39 is 23.5 Å². The zero-order valence-electron chi connectivity index (χ0n) is 15.1. The van der Waals surface area contributed by atoms with Crippen molar-refractivity contribution in [3.8, 4) is 6.07 Å². The molecule has 0 aliphatic heterocycles. The van der Waals surface area contributed by atoms with Gasteiger partial charge in [0.2, 0.25) is 5.89 Å². The molecule has 1 fully saturated rings. The van der Waals surface area contributed by atoms with Crippen molar-refractivity contribution < 1.29 is 18.7 Å². The van der Waals surface area contributed by atoms with Gasteiger partial charge in [-0.25, -0.2) is 9.78 Å². The van der Waals surface area contributed by atoms with Crippen LogP contribution in [0.2, 0.25) is 0 Å². The van der Waals surface area contributed by atoms with Crippen LogP contribution in [0.4, 0.5) is 0 Å². The summed E-state index contributed by atoms with van der Waals surface area (Å²) >= 11 is 0. The maximum Gasteiger partial charge on any atom is 0.331 e. The van der Waals surface area contributed by atoms with Gasteiger partial charge in [-0.3, -0.25) is 4.79 Å². The van der Waals surface area contributed by atoms with Crippen LogP contribution in [-0.2, 0) is 14.3 Å². The summed E-state index contributed by atoms with van der Waals surface area (Å²) in [6, 6.07) is 9.46. The van der Waals surface area contributed by atoms with E-state index in [0.29, 0.717) is 23.9 Å². The van der Waals surface area contributed by atoms with E-state index >= 15 is 0 Å². The van der Waals surface area contributed by atoms with Crippen molar-refractivity contribution in [1.29, 1.82) is 5.26 Å². The summed E-state index contributed by atoms with van der Waals surface area (Å²) in [6.07, 6.45) is 5.65. The highest BCUT2D eigenvalue weighted by molar-refractivity contribution is 5.90. The molecule has 0 unspecified atom stereocenters. The van der Waals surface area contributed by atoms with Gasteiger partial charge < -0.3 is 14.5 Å². The van der Waals surface area contributed by atoms with Gasteiger partial charge in [0.05, 0.1) is 6.07 Å². The second kappa shape index (κ2) is 8.04. The molecule has 0 spiro atoms. The number of benzene rings is 1. The van der Waals surface area contributed by atoms with E-state index in [1.807, 2.05) is 12.1 Å². The lowest BCUT2D eigenvalue weighted by molar-refractivity contribution is -0.150. The Labute approximate surface area is 157 Å². The highest BCUT2D eigenvalue weighted by atomic mass is 16.5. The van der Waals surface area contributed by atoms with E-state index in [0.717, 1.165) is 25.3 Å². The molecule has 0 radical (unpaired) electrons. The fourth-order valence-electron chi connectivity index (χ4n) is 3.13. The zero-order chi connectivity index (χ0) is 19.3. The van der Waals surface area contributed by atoms with Crippen molar-refractivity contribution in [1.82, 2.24) is 10.3 Å². The van der Waals surface area contributed by atoms with Crippen LogP contribution < -0.4 is 5.32 Å². The molecule has 2 aromatic rings. The van der Waals surface area contributed by atoms with Crippen LogP contribution in [0.5, 0.6) is 0 Å². The number of carbonyl (C=O) groups excluding carboxylic acids is 2. The van der Waals surface area contributed by atoms with Crippen LogP contribution in [-0.4, -0.2) is 28.5 Å². The zero-order valence-corrected chi connectivity index (χ0v) is 15.1. The molecule has 1 saturated carbocycles. The van der Waals surface area contributed by atoms with E-state index in [9.17, 15) is 14.9 Å². The van der Waals surface area contributed by atoms with E-state index in [4.69, 9.17) is 9.15 Å². The summed E-state index contributed by atoms with van der Waals surface area (Å²) in [5.41, 5.74) is 0.449. The first-order chi connectivity index (χ1) is 13.0. The Hall–Kier alpha value is -3.14. The minimum atomic E-state index is -1.00. The van der Waals surface area contributed by atoms with Gasteiger partial charge in [0, 0.05) is 12.2 Å². The smallest absolute Gasteiger partial charge is 0.331 e. The van der Waals surface area contributed by atoms with Gasteiger partial charge in [0.1, 0.15) is 11.1 Å². The predicted octanol–water partition coefficient (Wildman–Crippen LogP) is 3.12. The number of nitrogens with one attached hydrogen (secondary N) is 1. The number of hydrogen-bond acceptors (Lipinski definition) is 6. The molecule has 1 aliphatic carbocycles. The Bertz CT molecular complexity index is 870. The molecule has 1 N–H and O–H groups in total. The number of carbonyl (C=O) groups is 2. The standard InChI is InChI=1S/C20H21N3O4/c1-14(19(25)23-20(13-21)11-5-2-6-12-20)26-18(24)10-9-17-22-15-7-3-4-8-16(15)27-17/h3-4,7-10,14H,2,5-6,11-12H2,1H3,(H,23,25)/b10-9+/t14-/m1/s1. The number of aromatic nitrogens is 1. The molecular weight excluding hydrogens is 346 g/mol. The number of oxazole rings is 1. The lowest BCUT2D eigenvalue weighted by Gasteiger charge is -2.32. The maximum absolute atomic E-state index is 12.3. The Kier molecular flexibility index (Phi) is 5.55. The Balaban J connectivity index is 1.56. The van der Waals surface area contributed by atoms with Gasteiger partial charge >= 0.3 is 5.97 Å². The molecule has 1 aliphatic rings. The summed E-state index contributed by atoms with van der Waals surface area (Å²) in [5, 5.41) is 12.2. The van der Waals surface area contributed by atoms with E-state index in [1.165, 1.54) is 13.0 Å². The monoisotopic (exact) mass is 367 g/mol. The average Bonchev–Trinajstić information content (AvgIpc) is 3.10. The first-order valence-electron chi connectivity index (χ1n) is 8.99. The summed E-state index contributed by atoms with van der Waals surface area (Å²) < 4.78 is 10.6. The Morgan fingerprint density at radius 3 is 2.78 bits per heavy atom. The summed E-state index contributed by atoms with van der Waals surface area (Å²) in [7, 11) is 0. The highest BCUT2D eigenvalue weighted by Gasteiger charge is 2.35. The lowest BCUT2D eigenvalue weighted by Crippen LogP contribution is -2.52. The molecule has 1 amide bonds. The van der Waals surface area contributed by atoms with Gasteiger partial charge in [-0.1, -0.05) is 31.4 Å². The summed E-state index contributed by atoms with van der Waals surface area (Å²) in [5.74, 6) is -0.882. The molecule has 1 aromatic carbocycles. The molecule has 0 bridgehead atoms. The van der Waals surface area contributed by atoms with Crippen LogP contribution in [0.1, 0.15) is 44.9 Å². The van der Waals surface area contributed by atoms with Gasteiger partial charge in [0.15, 0.2) is 11.7 Å². The number of fused-ring (bicyclic) bond motifs is 1. The second-order valence-electron chi connectivity index (χ2n) is 6.68. The van der Waals surface area contributed by atoms with E-state index in [2.05, 4.69) is 16.4 Å². The number of nitriles is 1. The summed E-state index contributed by atoms with van der Waals surface area (Å²) in [4.78, 5) is 28.5. The fourth-order valence-corrected chi connectivity index (χ4v) is 3.13. The van der Waals surface area contributed by atoms with Crippen molar-refractivity contribution in [3.63, 3.8) is 0 Å². The number of hydrogen-bond donors (Lipinski definition) is 1. The quantitative estimate of drug-likeness (QED) is 0.643. The number of rotatable bonds is 5. The van der Waals surface area contributed by atoms with E-state index in [-0.39, 0.29) is 5.89 Å². The maximum atomic E-state index is 12.3. The molecule has 3 rings (SSSR count). The largest absolute Gasteiger partial charge is 0.449 e. The van der Waals surface area contributed by atoms with Crippen molar-refractivity contribution in [2.24, 2.45) is 0 Å². The second-order valence-corrected chi connectivity index (χ2v) is 6.68. The van der Waals surface area contributed by atoms with Gasteiger partial charge in [-0.15, -0.1) is 0 Å². The van der Waals surface area contributed by atoms with Crippen LogP contribution in [0.25, 0.3) is 17.2 Å². The van der Waals surface area contributed by atoms with Crippen LogP contribution in [0.3, 0.4) is 0 Å². The van der Waals surface area contributed by atoms with Crippen LogP contribution in [0, 0.1) is 11.3 Å². The van der Waals surface area contributed by atoms with Crippen LogP contribution >= 0.6 is 0 Å². The molecule has 0 saturated heterocycles. The normalized spacial score (nSPS) is 17.3. The average molecular weight is 367 g/mol. The number of esters is 1. The van der Waals surface area contributed by atoms with Crippen LogP contribution in [0.15, 0.2) is 34.8 Å². The lowest BCUT2D eigenvalue weighted by atomic mass is 9.83. The third kappa shape index (κ3) is 4.53. The first-order valence-corrected chi connectivity index (χ1v) is 8.99. The molecule has 7 heteroatoms. The number of amides is 1. The first kappa shape index (κ1) is 18.6. The fraction of sp³-hybridized carbons (Fsp3) is 0.400. The molecule has 140 valence electrons. The number of para-hydroxylation sites is 2. The van der Waals surface area contributed by atoms with Crippen molar-refractivity contribution >= 4 is 29.1 Å². The minimum absolute atomic E-state index is 0.274. The molecule has 1 atom stereocenters. The Morgan fingerprint density at radius 2 is 2.07 bits per heavy atom. The van der Waals surface area contributed by atoms with Gasteiger partial charge in [-0.05, 0) is 31.9 Å². The third-order valence-corrected chi connectivity index (χ3v) is 4.62. The molecule has 1 aromatic heterocycles. The van der Waals surface area contributed by atoms with E-state index in [1.54, 1.807) is 12.1 Å². The molecule has 1 heterocycles. The number of nitrogens with zero attached hydrogens (tertiary/aromatic N) is 2. The third-order valence-electron chi connectivity index (χ3n) is 4.62. The highest BCUT2D eigenvalue weighted by Crippen LogP contribution is 2.27. The minimum Gasteiger partial charge on any atom is -0.449 e. The summed E-state index contributed by atoms with van der Waals surface area (Å²) in [6.45, 7) is 1.48. The van der Waals surface area contributed by atoms with Gasteiger partial charge in [0.25, 0.3) is 5.91 Å². The predicted molar refractivity (Wildman–Crippen MR) is 98.2 cm³/mol. The molecular formula is C20H21N3O4. The van der Waals surface area contributed by atoms with Gasteiger partial charge in [-0.2, -0.15) is 5.26 Å².